The van der Waals surface area contributed by atoms with Crippen molar-refractivity contribution < 1.29 is 14.3 Å². The van der Waals surface area contributed by atoms with Gasteiger partial charge in [0.25, 0.3) is 0 Å². The molecule has 3 aromatic rings. The third-order valence-electron chi connectivity index (χ3n) is 4.36. The zero-order chi connectivity index (χ0) is 20.8. The van der Waals surface area contributed by atoms with Crippen molar-refractivity contribution in [2.45, 2.75) is 30.8 Å². The lowest BCUT2D eigenvalue weighted by Crippen LogP contribution is -2.23. The maximum Gasteiger partial charge on any atom is 0.237 e. The number of ether oxygens (including phenoxy) is 2. The lowest BCUT2D eigenvalue weighted by Gasteiger charge is -2.14. The molecule has 0 aliphatic heterocycles. The summed E-state index contributed by atoms with van der Waals surface area (Å²) < 4.78 is 12.5. The molecular formula is C21H24N4O3S. The first-order valence-corrected chi connectivity index (χ1v) is 10.0. The summed E-state index contributed by atoms with van der Waals surface area (Å²) in [5.41, 5.74) is 1.76. The summed E-state index contributed by atoms with van der Waals surface area (Å²) >= 11 is 1.37. The molecule has 29 heavy (non-hydrogen) atoms. The predicted octanol–water partition coefficient (Wildman–Crippen LogP) is 3.77. The maximum absolute atomic E-state index is 12.7. The summed E-state index contributed by atoms with van der Waals surface area (Å²) in [7, 11) is 3.14. The molecule has 7 nitrogen and oxygen atoms in total. The van der Waals surface area contributed by atoms with Gasteiger partial charge < -0.3 is 19.4 Å². The second kappa shape index (κ2) is 9.47. The molecule has 0 spiro atoms. The molecule has 0 saturated carbocycles. The summed E-state index contributed by atoms with van der Waals surface area (Å²) in [6.07, 6.45) is 0. The van der Waals surface area contributed by atoms with E-state index in [0.717, 1.165) is 11.4 Å². The van der Waals surface area contributed by atoms with Crippen LogP contribution in [0.25, 0.3) is 0 Å². The Bertz CT molecular complexity index is 953. The second-order valence-corrected chi connectivity index (χ2v) is 7.76. The number of benzene rings is 2. The number of rotatable bonds is 8. The van der Waals surface area contributed by atoms with Crippen molar-refractivity contribution in [2.24, 2.45) is 0 Å². The van der Waals surface area contributed by atoms with Crippen molar-refractivity contribution in [3.8, 4) is 11.5 Å². The van der Waals surface area contributed by atoms with Crippen LogP contribution in [0.5, 0.6) is 11.5 Å². The molecule has 0 bridgehead atoms. The monoisotopic (exact) mass is 412 g/mol. The van der Waals surface area contributed by atoms with Crippen molar-refractivity contribution in [2.75, 3.05) is 19.5 Å². The van der Waals surface area contributed by atoms with Gasteiger partial charge in [-0.05, 0) is 19.4 Å². The quantitative estimate of drug-likeness (QED) is 0.568. The molecule has 0 aliphatic carbocycles. The molecule has 1 aromatic heterocycles. The average Bonchev–Trinajstić information content (AvgIpc) is 3.07. The molecule has 1 amide bonds. The Balaban J connectivity index is 1.71. The molecule has 2 aromatic carbocycles. The van der Waals surface area contributed by atoms with Crippen molar-refractivity contribution in [1.82, 2.24) is 14.8 Å². The molecule has 0 saturated heterocycles. The number of carbonyl (C=O) groups excluding carboxylic acids is 1. The van der Waals surface area contributed by atoms with Crippen LogP contribution in [-0.2, 0) is 11.3 Å². The SMILES string of the molecule is COc1cc(NC(=O)C(C)Sc2nnc(C)n2Cc2ccccc2)cc(OC)c1. The van der Waals surface area contributed by atoms with Crippen LogP contribution in [0.15, 0.2) is 53.7 Å². The standard InChI is InChI=1S/C21H24N4O3S/c1-14(20(26)22-17-10-18(27-3)12-19(11-17)28-4)29-21-24-23-15(2)25(21)13-16-8-6-5-7-9-16/h5-12,14H,13H2,1-4H3,(H,22,26). The van der Waals surface area contributed by atoms with Crippen LogP contribution in [0, 0.1) is 6.92 Å². The number of hydrogen-bond acceptors (Lipinski definition) is 6. The van der Waals surface area contributed by atoms with Crippen LogP contribution in [0.3, 0.4) is 0 Å². The number of methoxy groups -OCH3 is 2. The first kappa shape index (κ1) is 20.7. The first-order valence-electron chi connectivity index (χ1n) is 9.14. The van der Waals surface area contributed by atoms with E-state index in [2.05, 4.69) is 27.6 Å². The fourth-order valence-corrected chi connectivity index (χ4v) is 3.63. The lowest BCUT2D eigenvalue weighted by atomic mass is 10.2. The number of carbonyl (C=O) groups is 1. The van der Waals surface area contributed by atoms with Gasteiger partial charge in [-0.1, -0.05) is 42.1 Å². The highest BCUT2D eigenvalue weighted by molar-refractivity contribution is 8.00. The van der Waals surface area contributed by atoms with Gasteiger partial charge in [0, 0.05) is 23.9 Å². The number of anilines is 1. The Morgan fingerprint density at radius 3 is 2.38 bits per heavy atom. The number of hydrogen-bond donors (Lipinski definition) is 1. The van der Waals surface area contributed by atoms with Crippen LogP contribution < -0.4 is 14.8 Å². The highest BCUT2D eigenvalue weighted by atomic mass is 32.2. The Morgan fingerprint density at radius 2 is 1.76 bits per heavy atom. The van der Waals surface area contributed by atoms with Gasteiger partial charge in [-0.15, -0.1) is 10.2 Å². The Kier molecular flexibility index (Phi) is 6.77. The van der Waals surface area contributed by atoms with Gasteiger partial charge in [-0.2, -0.15) is 0 Å². The third-order valence-corrected chi connectivity index (χ3v) is 5.44. The Morgan fingerprint density at radius 1 is 1.10 bits per heavy atom. The molecular weight excluding hydrogens is 388 g/mol. The van der Waals surface area contributed by atoms with Gasteiger partial charge in [0.1, 0.15) is 17.3 Å². The fraction of sp³-hybridized carbons (Fsp3) is 0.286. The van der Waals surface area contributed by atoms with Crippen LogP contribution in [0.2, 0.25) is 0 Å². The number of aromatic nitrogens is 3. The third kappa shape index (κ3) is 5.29. The van der Waals surface area contributed by atoms with Crippen LogP contribution >= 0.6 is 11.8 Å². The zero-order valence-electron chi connectivity index (χ0n) is 16.9. The van der Waals surface area contributed by atoms with Gasteiger partial charge in [0.05, 0.1) is 26.0 Å². The van der Waals surface area contributed by atoms with Crippen LogP contribution in [0.1, 0.15) is 18.3 Å². The summed E-state index contributed by atoms with van der Waals surface area (Å²) in [6, 6.07) is 15.3. The van der Waals surface area contributed by atoms with E-state index in [1.165, 1.54) is 11.8 Å². The molecule has 0 fully saturated rings. The van der Waals surface area contributed by atoms with Crippen molar-refractivity contribution in [3.63, 3.8) is 0 Å². The summed E-state index contributed by atoms with van der Waals surface area (Å²) in [5.74, 6) is 1.88. The molecule has 3 rings (SSSR count). The molecule has 152 valence electrons. The van der Waals surface area contributed by atoms with Gasteiger partial charge >= 0.3 is 0 Å². The van der Waals surface area contributed by atoms with E-state index in [0.29, 0.717) is 28.9 Å². The molecule has 0 radical (unpaired) electrons. The highest BCUT2D eigenvalue weighted by Gasteiger charge is 2.20. The molecule has 0 aliphatic rings. The highest BCUT2D eigenvalue weighted by Crippen LogP contribution is 2.28. The number of amides is 1. The largest absolute Gasteiger partial charge is 0.497 e. The smallest absolute Gasteiger partial charge is 0.237 e. The predicted molar refractivity (Wildman–Crippen MR) is 114 cm³/mol. The first-order chi connectivity index (χ1) is 14.0. The van der Waals surface area contributed by atoms with E-state index in [4.69, 9.17) is 9.47 Å². The van der Waals surface area contributed by atoms with E-state index in [1.807, 2.05) is 36.6 Å². The van der Waals surface area contributed by atoms with E-state index in [-0.39, 0.29) is 11.2 Å². The molecule has 1 unspecified atom stereocenters. The van der Waals surface area contributed by atoms with E-state index >= 15 is 0 Å². The summed E-state index contributed by atoms with van der Waals surface area (Å²) in [5, 5.41) is 11.7. The van der Waals surface area contributed by atoms with Crippen LogP contribution in [-0.4, -0.2) is 40.1 Å². The lowest BCUT2D eigenvalue weighted by molar-refractivity contribution is -0.115. The van der Waals surface area contributed by atoms with Gasteiger partial charge in [0.15, 0.2) is 5.16 Å². The van der Waals surface area contributed by atoms with E-state index in [9.17, 15) is 4.79 Å². The van der Waals surface area contributed by atoms with E-state index in [1.54, 1.807) is 32.4 Å². The maximum atomic E-state index is 12.7. The minimum absolute atomic E-state index is 0.141. The topological polar surface area (TPSA) is 78.3 Å². The number of nitrogens with zero attached hydrogens (tertiary/aromatic N) is 3. The Hall–Kier alpha value is -3.00. The summed E-state index contributed by atoms with van der Waals surface area (Å²) in [4.78, 5) is 12.7. The minimum Gasteiger partial charge on any atom is -0.497 e. The Labute approximate surface area is 174 Å². The van der Waals surface area contributed by atoms with Crippen molar-refractivity contribution >= 4 is 23.4 Å². The van der Waals surface area contributed by atoms with Crippen molar-refractivity contribution in [3.05, 3.63) is 59.9 Å². The molecule has 8 heteroatoms. The van der Waals surface area contributed by atoms with Gasteiger partial charge in [-0.3, -0.25) is 4.79 Å². The van der Waals surface area contributed by atoms with Crippen LogP contribution in [0.4, 0.5) is 5.69 Å². The number of aryl methyl sites for hydroxylation is 1. The zero-order valence-corrected chi connectivity index (χ0v) is 17.7. The molecule has 1 heterocycles. The minimum atomic E-state index is -0.370. The normalized spacial score (nSPS) is 11.7. The van der Waals surface area contributed by atoms with Crippen molar-refractivity contribution in [1.29, 1.82) is 0 Å². The average molecular weight is 413 g/mol. The molecule has 1 N–H and O–H groups in total. The van der Waals surface area contributed by atoms with Gasteiger partial charge in [0.2, 0.25) is 5.91 Å². The molecule has 1 atom stereocenters. The van der Waals surface area contributed by atoms with E-state index < -0.39 is 0 Å². The van der Waals surface area contributed by atoms with Gasteiger partial charge in [-0.25, -0.2) is 0 Å². The fourth-order valence-electron chi connectivity index (χ4n) is 2.73. The number of thioether (sulfide) groups is 1. The second-order valence-electron chi connectivity index (χ2n) is 6.45. The number of nitrogens with one attached hydrogen (secondary N) is 1. The summed E-state index contributed by atoms with van der Waals surface area (Å²) in [6.45, 7) is 4.41.